The first-order valence-electron chi connectivity index (χ1n) is 10.6. The van der Waals surface area contributed by atoms with Gasteiger partial charge in [-0.15, -0.1) is 24.0 Å². The number of guanidine groups is 1. The van der Waals surface area contributed by atoms with Gasteiger partial charge in [0.15, 0.2) is 5.96 Å². The number of piperidine rings is 1. The van der Waals surface area contributed by atoms with Gasteiger partial charge in [-0.05, 0) is 51.7 Å². The van der Waals surface area contributed by atoms with Gasteiger partial charge in [0.05, 0.1) is 19.2 Å². The van der Waals surface area contributed by atoms with E-state index >= 15 is 0 Å². The van der Waals surface area contributed by atoms with Crippen molar-refractivity contribution in [2.45, 2.75) is 65.3 Å². The molecular weight excluding hydrogens is 493 g/mol. The molecule has 2 rings (SSSR count). The van der Waals surface area contributed by atoms with Crippen LogP contribution in [-0.4, -0.2) is 59.7 Å². The molecule has 0 aliphatic carbocycles. The van der Waals surface area contributed by atoms with Crippen molar-refractivity contribution < 1.29 is 9.90 Å². The zero-order valence-electron chi connectivity index (χ0n) is 18.7. The van der Waals surface area contributed by atoms with E-state index in [0.29, 0.717) is 12.5 Å². The average molecular weight is 531 g/mol. The quantitative estimate of drug-likeness (QED) is 0.246. The largest absolute Gasteiger partial charge is 0.393 e. The molecule has 0 bridgehead atoms. The molecule has 1 saturated heterocycles. The topological polar surface area (TPSA) is 89.0 Å². The van der Waals surface area contributed by atoms with Gasteiger partial charge in [-0.25, -0.2) is 4.99 Å². The third kappa shape index (κ3) is 10.6. The molecule has 170 valence electrons. The molecule has 1 aliphatic heterocycles. The zero-order valence-corrected chi connectivity index (χ0v) is 21.0. The summed E-state index contributed by atoms with van der Waals surface area (Å²) in [5.74, 6) is 0.574. The number of halogens is 1. The summed E-state index contributed by atoms with van der Waals surface area (Å²) in [6.45, 7) is 12.2. The van der Waals surface area contributed by atoms with Crippen LogP contribution in [0.1, 0.15) is 51.7 Å². The van der Waals surface area contributed by atoms with Gasteiger partial charge in [-0.1, -0.05) is 24.3 Å². The number of aliphatic hydroxyl groups excluding tert-OH is 1. The van der Waals surface area contributed by atoms with E-state index in [2.05, 4.69) is 50.1 Å². The van der Waals surface area contributed by atoms with Gasteiger partial charge in [0.1, 0.15) is 0 Å². The van der Waals surface area contributed by atoms with E-state index in [1.165, 1.54) is 5.56 Å². The molecule has 0 spiro atoms. The molecule has 0 radical (unpaired) electrons. The summed E-state index contributed by atoms with van der Waals surface area (Å²) in [5.41, 5.74) is 2.15. The molecule has 0 unspecified atom stereocenters. The van der Waals surface area contributed by atoms with Crippen LogP contribution in [-0.2, 0) is 17.9 Å². The lowest BCUT2D eigenvalue weighted by molar-refractivity contribution is -0.121. The summed E-state index contributed by atoms with van der Waals surface area (Å²) in [7, 11) is 0. The van der Waals surface area contributed by atoms with Crippen LogP contribution >= 0.6 is 24.0 Å². The average Bonchev–Trinajstić information content (AvgIpc) is 2.65. The van der Waals surface area contributed by atoms with Crippen LogP contribution in [0.3, 0.4) is 0 Å². The number of likely N-dealkylation sites (tertiary alicyclic amines) is 1. The van der Waals surface area contributed by atoms with E-state index in [-0.39, 0.29) is 48.1 Å². The second-order valence-electron chi connectivity index (χ2n) is 8.67. The molecule has 0 aromatic heterocycles. The fourth-order valence-electron chi connectivity index (χ4n) is 3.22. The second-order valence-corrected chi connectivity index (χ2v) is 8.67. The molecule has 1 aromatic rings. The third-order valence-electron chi connectivity index (χ3n) is 4.68. The molecule has 1 aliphatic rings. The second kappa shape index (κ2) is 13.1. The summed E-state index contributed by atoms with van der Waals surface area (Å²) >= 11 is 0. The Balaban J connectivity index is 0.00000450. The summed E-state index contributed by atoms with van der Waals surface area (Å²) in [5, 5.41) is 18.8. The smallest absolute Gasteiger partial charge is 0.239 e. The van der Waals surface area contributed by atoms with Crippen molar-refractivity contribution in [3.63, 3.8) is 0 Å². The van der Waals surface area contributed by atoms with Crippen molar-refractivity contribution in [2.75, 3.05) is 26.2 Å². The van der Waals surface area contributed by atoms with Crippen LogP contribution in [0.15, 0.2) is 29.3 Å². The summed E-state index contributed by atoms with van der Waals surface area (Å²) in [6.07, 6.45) is 1.59. The molecule has 1 aromatic carbocycles. The Labute approximate surface area is 198 Å². The lowest BCUT2D eigenvalue weighted by atomic mass is 10.1. The molecule has 0 saturated carbocycles. The van der Waals surface area contributed by atoms with Crippen LogP contribution in [0.5, 0.6) is 0 Å². The summed E-state index contributed by atoms with van der Waals surface area (Å²) in [6, 6.07) is 8.50. The highest BCUT2D eigenvalue weighted by atomic mass is 127. The predicted molar refractivity (Wildman–Crippen MR) is 133 cm³/mol. The summed E-state index contributed by atoms with van der Waals surface area (Å²) in [4.78, 5) is 19.0. The van der Waals surface area contributed by atoms with Gasteiger partial charge in [0.2, 0.25) is 5.91 Å². The van der Waals surface area contributed by atoms with Crippen molar-refractivity contribution in [2.24, 2.45) is 4.99 Å². The maximum atomic E-state index is 12.0. The van der Waals surface area contributed by atoms with Crippen LogP contribution in [0.25, 0.3) is 0 Å². The zero-order chi connectivity index (χ0) is 21.3. The molecule has 0 atom stereocenters. The van der Waals surface area contributed by atoms with Crippen molar-refractivity contribution in [1.82, 2.24) is 20.9 Å². The number of hydrogen-bond donors (Lipinski definition) is 4. The number of benzene rings is 1. The van der Waals surface area contributed by atoms with E-state index < -0.39 is 0 Å². The number of aliphatic hydroxyl groups is 1. The van der Waals surface area contributed by atoms with Crippen molar-refractivity contribution in [3.8, 4) is 0 Å². The first-order chi connectivity index (χ1) is 13.7. The normalized spacial score (nSPS) is 16.0. The van der Waals surface area contributed by atoms with Crippen LogP contribution in [0.2, 0.25) is 0 Å². The van der Waals surface area contributed by atoms with E-state index in [1.807, 2.05) is 27.7 Å². The maximum Gasteiger partial charge on any atom is 0.239 e. The number of carbonyl (C=O) groups excluding carboxylic acids is 1. The Bertz CT molecular complexity index is 665. The fraction of sp³-hybridized carbons (Fsp3) is 0.636. The number of rotatable bonds is 7. The lowest BCUT2D eigenvalue weighted by Gasteiger charge is -2.29. The highest BCUT2D eigenvalue weighted by Gasteiger charge is 2.17. The Morgan fingerprint density at radius 2 is 1.73 bits per heavy atom. The van der Waals surface area contributed by atoms with Gasteiger partial charge >= 0.3 is 0 Å². The Hall–Kier alpha value is -1.39. The first-order valence-corrected chi connectivity index (χ1v) is 10.6. The lowest BCUT2D eigenvalue weighted by Crippen LogP contribution is -2.48. The maximum absolute atomic E-state index is 12.0. The van der Waals surface area contributed by atoms with Crippen LogP contribution < -0.4 is 16.0 Å². The fourth-order valence-corrected chi connectivity index (χ4v) is 3.22. The van der Waals surface area contributed by atoms with Gasteiger partial charge in [-0.3, -0.25) is 9.69 Å². The Morgan fingerprint density at radius 3 is 2.30 bits per heavy atom. The molecule has 1 heterocycles. The monoisotopic (exact) mass is 531 g/mol. The van der Waals surface area contributed by atoms with Crippen molar-refractivity contribution in [3.05, 3.63) is 35.4 Å². The van der Waals surface area contributed by atoms with E-state index in [9.17, 15) is 9.90 Å². The number of aliphatic imine (C=N–C) groups is 1. The molecule has 1 fully saturated rings. The minimum absolute atomic E-state index is 0. The molecule has 30 heavy (non-hydrogen) atoms. The number of nitrogens with one attached hydrogen (secondary N) is 3. The van der Waals surface area contributed by atoms with Crippen LogP contribution in [0.4, 0.5) is 0 Å². The third-order valence-corrected chi connectivity index (χ3v) is 4.68. The molecule has 1 amide bonds. The highest BCUT2D eigenvalue weighted by Crippen LogP contribution is 2.14. The minimum atomic E-state index is -0.246. The SMILES string of the molecule is CCNC(=NCc1ccc(CN2CCC(O)CC2)cc1)NCC(=O)NC(C)(C)C.I. The molecule has 7 nitrogen and oxygen atoms in total. The Kier molecular flexibility index (Phi) is 11.6. The van der Waals surface area contributed by atoms with Crippen LogP contribution in [0, 0.1) is 0 Å². The highest BCUT2D eigenvalue weighted by molar-refractivity contribution is 14.0. The number of nitrogens with zero attached hydrogens (tertiary/aromatic N) is 2. The first kappa shape index (κ1) is 26.6. The number of carbonyl (C=O) groups is 1. The van der Waals surface area contributed by atoms with E-state index in [1.54, 1.807) is 0 Å². The standard InChI is InChI=1S/C22H37N5O2.HI/c1-5-23-21(25-15-20(29)26-22(2,3)4)24-14-17-6-8-18(9-7-17)16-27-12-10-19(28)11-13-27;/h6-9,19,28H,5,10-16H2,1-4H3,(H,26,29)(H2,23,24,25);1H. The Morgan fingerprint density at radius 1 is 1.13 bits per heavy atom. The molecular formula is C22H38IN5O2. The van der Waals surface area contributed by atoms with E-state index in [0.717, 1.165) is 44.6 Å². The summed E-state index contributed by atoms with van der Waals surface area (Å²) < 4.78 is 0. The van der Waals surface area contributed by atoms with E-state index in [4.69, 9.17) is 0 Å². The van der Waals surface area contributed by atoms with Crippen molar-refractivity contribution >= 4 is 35.8 Å². The van der Waals surface area contributed by atoms with Gasteiger partial charge in [-0.2, -0.15) is 0 Å². The minimum Gasteiger partial charge on any atom is -0.393 e. The number of hydrogen-bond acceptors (Lipinski definition) is 4. The molecule has 4 N–H and O–H groups in total. The van der Waals surface area contributed by atoms with Gasteiger partial charge in [0.25, 0.3) is 0 Å². The van der Waals surface area contributed by atoms with Crippen molar-refractivity contribution in [1.29, 1.82) is 0 Å². The van der Waals surface area contributed by atoms with Gasteiger partial charge in [0, 0.05) is 31.7 Å². The predicted octanol–water partition coefficient (Wildman–Crippen LogP) is 2.23. The van der Waals surface area contributed by atoms with Gasteiger partial charge < -0.3 is 21.1 Å². The number of amides is 1. The molecule has 8 heteroatoms.